The minimum atomic E-state index is -0.0804. The van der Waals surface area contributed by atoms with E-state index in [9.17, 15) is 14.7 Å². The van der Waals surface area contributed by atoms with E-state index in [-0.39, 0.29) is 24.6 Å². The van der Waals surface area contributed by atoms with Crippen LogP contribution in [0.15, 0.2) is 0 Å². The number of aliphatic hydroxyl groups is 1. The lowest BCUT2D eigenvalue weighted by molar-refractivity contribution is -0.150. The van der Waals surface area contributed by atoms with Crippen molar-refractivity contribution in [3.8, 4) is 0 Å². The number of nitrogens with zero attached hydrogens (tertiary/aromatic N) is 1. The van der Waals surface area contributed by atoms with Crippen LogP contribution in [0.2, 0.25) is 0 Å². The Balaban J connectivity index is 4.22. The van der Waals surface area contributed by atoms with Gasteiger partial charge in [-0.05, 0) is 51.5 Å². The third kappa shape index (κ3) is 28.7. The number of hydrogen-bond donors (Lipinski definition) is 1. The van der Waals surface area contributed by atoms with Crippen molar-refractivity contribution in [3.63, 3.8) is 0 Å². The van der Waals surface area contributed by atoms with E-state index in [0.717, 1.165) is 83.6 Å². The summed E-state index contributed by atoms with van der Waals surface area (Å²) in [4.78, 5) is 26.6. The van der Waals surface area contributed by atoms with E-state index >= 15 is 0 Å². The molecular weight excluding hydrogens is 514 g/mol. The van der Waals surface area contributed by atoms with Gasteiger partial charge in [0, 0.05) is 19.5 Å². The predicted molar refractivity (Wildman–Crippen MR) is 172 cm³/mol. The number of carbonyl (C=O) groups is 2. The van der Waals surface area contributed by atoms with E-state index in [2.05, 4.69) is 25.7 Å². The van der Waals surface area contributed by atoms with Crippen molar-refractivity contribution in [2.45, 2.75) is 181 Å². The van der Waals surface area contributed by atoms with E-state index in [4.69, 9.17) is 9.47 Å². The zero-order chi connectivity index (χ0) is 30.2. The van der Waals surface area contributed by atoms with Gasteiger partial charge in [-0.25, -0.2) is 0 Å². The fourth-order valence-corrected chi connectivity index (χ4v) is 5.25. The molecule has 0 radical (unpaired) electrons. The summed E-state index contributed by atoms with van der Waals surface area (Å²) in [6.07, 6.45) is 26.6. The molecule has 0 aromatic carbocycles. The normalized spacial score (nSPS) is 11.5. The Bertz CT molecular complexity index is 555. The van der Waals surface area contributed by atoms with E-state index in [0.29, 0.717) is 32.5 Å². The van der Waals surface area contributed by atoms with Gasteiger partial charge in [0.1, 0.15) is 6.10 Å². The Labute approximate surface area is 254 Å². The molecule has 0 unspecified atom stereocenters. The first-order chi connectivity index (χ1) is 20.1. The van der Waals surface area contributed by atoms with Crippen LogP contribution in [0, 0.1) is 0 Å². The van der Waals surface area contributed by atoms with Gasteiger partial charge < -0.3 is 19.5 Å². The van der Waals surface area contributed by atoms with Crippen LogP contribution in [0.25, 0.3) is 0 Å². The molecule has 0 rings (SSSR count). The van der Waals surface area contributed by atoms with Crippen LogP contribution >= 0.6 is 0 Å². The van der Waals surface area contributed by atoms with E-state index < -0.39 is 0 Å². The summed E-state index contributed by atoms with van der Waals surface area (Å²) in [5.74, 6) is -0.143. The van der Waals surface area contributed by atoms with Crippen molar-refractivity contribution in [1.82, 2.24) is 4.90 Å². The van der Waals surface area contributed by atoms with E-state index in [1.165, 1.54) is 64.2 Å². The molecule has 0 bridgehead atoms. The second kappa shape index (κ2) is 31.8. The number of aliphatic hydroxyl groups excluding tert-OH is 1. The smallest absolute Gasteiger partial charge is 0.307 e. The Hall–Kier alpha value is -1.14. The predicted octanol–water partition coefficient (Wildman–Crippen LogP) is 9.16. The van der Waals surface area contributed by atoms with Crippen molar-refractivity contribution >= 4 is 11.9 Å². The third-order valence-corrected chi connectivity index (χ3v) is 7.97. The summed E-state index contributed by atoms with van der Waals surface area (Å²) < 4.78 is 11.2. The van der Waals surface area contributed by atoms with Crippen LogP contribution in [0.3, 0.4) is 0 Å². The lowest BCUT2D eigenvalue weighted by Gasteiger charge is -2.22. The van der Waals surface area contributed by atoms with Gasteiger partial charge in [-0.1, -0.05) is 117 Å². The average molecular weight is 584 g/mol. The minimum absolute atomic E-state index is 0.0596. The molecule has 0 aromatic rings. The maximum absolute atomic E-state index is 12.8. The number of esters is 2. The number of rotatable bonds is 32. The van der Waals surface area contributed by atoms with Crippen molar-refractivity contribution < 1.29 is 24.2 Å². The first-order valence-corrected chi connectivity index (χ1v) is 17.8. The largest absolute Gasteiger partial charge is 0.466 e. The summed E-state index contributed by atoms with van der Waals surface area (Å²) in [5.41, 5.74) is 0. The molecule has 0 aliphatic rings. The zero-order valence-corrected chi connectivity index (χ0v) is 27.6. The van der Waals surface area contributed by atoms with Crippen molar-refractivity contribution in [2.24, 2.45) is 0 Å². The molecule has 0 heterocycles. The molecule has 244 valence electrons. The lowest BCUT2D eigenvalue weighted by Crippen LogP contribution is -2.31. The quantitative estimate of drug-likeness (QED) is 0.0628. The molecule has 0 atom stereocenters. The molecule has 6 heteroatoms. The number of ether oxygens (including phenoxy) is 2. The summed E-state index contributed by atoms with van der Waals surface area (Å²) >= 11 is 0. The van der Waals surface area contributed by atoms with Crippen molar-refractivity contribution in [2.75, 3.05) is 32.8 Å². The van der Waals surface area contributed by atoms with Gasteiger partial charge in [0.15, 0.2) is 0 Å². The van der Waals surface area contributed by atoms with Crippen molar-refractivity contribution in [3.05, 3.63) is 0 Å². The second-order valence-electron chi connectivity index (χ2n) is 12.0. The summed E-state index contributed by atoms with van der Waals surface area (Å²) in [7, 11) is 0. The maximum Gasteiger partial charge on any atom is 0.307 e. The highest BCUT2D eigenvalue weighted by Crippen LogP contribution is 2.18. The lowest BCUT2D eigenvalue weighted by atomic mass is 10.0. The van der Waals surface area contributed by atoms with Gasteiger partial charge in [-0.3, -0.25) is 9.59 Å². The molecule has 0 fully saturated rings. The first kappa shape index (κ1) is 39.9. The topological polar surface area (TPSA) is 76.1 Å². The number of hydrogen-bond acceptors (Lipinski definition) is 6. The molecule has 0 amide bonds. The van der Waals surface area contributed by atoms with Crippen LogP contribution in [0.1, 0.15) is 175 Å². The molecule has 0 aliphatic heterocycles. The summed E-state index contributed by atoms with van der Waals surface area (Å²) in [6.45, 7) is 9.41. The molecule has 0 saturated carbocycles. The summed E-state index contributed by atoms with van der Waals surface area (Å²) in [5, 5.41) is 9.51. The summed E-state index contributed by atoms with van der Waals surface area (Å²) in [6, 6.07) is 0. The Kier molecular flexibility index (Phi) is 30.9. The molecule has 6 nitrogen and oxygen atoms in total. The number of carbonyl (C=O) groups excluding carboxylic acids is 2. The second-order valence-corrected chi connectivity index (χ2v) is 12.0. The highest BCUT2D eigenvalue weighted by Gasteiger charge is 2.16. The molecule has 0 spiro atoms. The van der Waals surface area contributed by atoms with Gasteiger partial charge in [-0.2, -0.15) is 0 Å². The van der Waals surface area contributed by atoms with Gasteiger partial charge in [0.25, 0.3) is 0 Å². The molecule has 0 saturated heterocycles. The third-order valence-electron chi connectivity index (χ3n) is 7.97. The van der Waals surface area contributed by atoms with Crippen LogP contribution in [0.4, 0.5) is 0 Å². The number of unbranched alkanes of at least 4 members (excludes halogenated alkanes) is 16. The maximum atomic E-state index is 12.8. The Morgan fingerprint density at radius 3 is 1.63 bits per heavy atom. The average Bonchev–Trinajstić information content (AvgIpc) is 2.96. The van der Waals surface area contributed by atoms with Gasteiger partial charge in [0.05, 0.1) is 19.6 Å². The van der Waals surface area contributed by atoms with Crippen LogP contribution in [-0.2, 0) is 19.1 Å². The molecule has 0 aromatic heterocycles. The minimum Gasteiger partial charge on any atom is -0.466 e. The Morgan fingerprint density at radius 1 is 0.561 bits per heavy atom. The molecule has 41 heavy (non-hydrogen) atoms. The van der Waals surface area contributed by atoms with Gasteiger partial charge in [-0.15, -0.1) is 0 Å². The standard InChI is InChI=1S/C35H69NO5/c1-4-7-10-12-16-20-24-33(25-21-17-13-11-8-5-2)41-35(39)27-29-36(30-31-37)28-23-19-15-14-18-22-26-34(38)40-32-9-6-3/h33,37H,4-32H2,1-3H3. The SMILES string of the molecule is CCCCCCCCC(CCCCCCCC)OC(=O)CCN(CCO)CCCCCCCCC(=O)OCCCC. The monoisotopic (exact) mass is 584 g/mol. The van der Waals surface area contributed by atoms with E-state index in [1.54, 1.807) is 0 Å². The van der Waals surface area contributed by atoms with Crippen LogP contribution in [-0.4, -0.2) is 60.9 Å². The highest BCUT2D eigenvalue weighted by molar-refractivity contribution is 5.69. The van der Waals surface area contributed by atoms with E-state index in [1.807, 2.05) is 0 Å². The fourth-order valence-electron chi connectivity index (χ4n) is 5.25. The molecular formula is C35H69NO5. The highest BCUT2D eigenvalue weighted by atomic mass is 16.5. The fraction of sp³-hybridized carbons (Fsp3) is 0.943. The Morgan fingerprint density at radius 2 is 1.07 bits per heavy atom. The molecule has 1 N–H and O–H groups in total. The molecule has 0 aliphatic carbocycles. The van der Waals surface area contributed by atoms with Gasteiger partial charge >= 0.3 is 11.9 Å². The first-order valence-electron chi connectivity index (χ1n) is 17.8. The zero-order valence-electron chi connectivity index (χ0n) is 27.6. The van der Waals surface area contributed by atoms with Gasteiger partial charge in [0.2, 0.25) is 0 Å². The van der Waals surface area contributed by atoms with Crippen LogP contribution in [0.5, 0.6) is 0 Å². The van der Waals surface area contributed by atoms with Crippen LogP contribution < -0.4 is 0 Å². The van der Waals surface area contributed by atoms with Crippen molar-refractivity contribution in [1.29, 1.82) is 0 Å².